The molecule has 1 N–H and O–H groups in total. The van der Waals surface area contributed by atoms with Crippen LogP contribution in [0.5, 0.6) is 0 Å². The number of carbonyl (C=O) groups is 1. The molecule has 6 nitrogen and oxygen atoms in total. The number of hydrogen-bond acceptors (Lipinski definition) is 5. The highest BCUT2D eigenvalue weighted by Gasteiger charge is 2.31. The summed E-state index contributed by atoms with van der Waals surface area (Å²) in [6, 6.07) is 0.510. The highest BCUT2D eigenvalue weighted by molar-refractivity contribution is 5.85. The average Bonchev–Trinajstić information content (AvgIpc) is 2.56. The molecule has 3 aliphatic heterocycles. The number of nitrogens with zero attached hydrogens (tertiary/aromatic N) is 2. The summed E-state index contributed by atoms with van der Waals surface area (Å²) in [6.45, 7) is 7.43. The molecule has 3 saturated heterocycles. The first-order valence-corrected chi connectivity index (χ1v) is 7.76. The maximum atomic E-state index is 12.4. The van der Waals surface area contributed by atoms with E-state index in [4.69, 9.17) is 9.47 Å². The number of rotatable bonds is 2. The Hall–Kier alpha value is -0.110. The molecule has 1 atom stereocenters. The van der Waals surface area contributed by atoms with Crippen LogP contribution in [0.2, 0.25) is 0 Å². The lowest BCUT2D eigenvalue weighted by atomic mass is 10.1. The largest absolute Gasteiger partial charge is 0.381 e. The Bertz CT molecular complexity index is 329. The number of hydrogen-bond donors (Lipinski definition) is 1. The Morgan fingerprint density at radius 1 is 0.955 bits per heavy atom. The number of morpholine rings is 1. The van der Waals surface area contributed by atoms with Gasteiger partial charge in [0.15, 0.2) is 0 Å². The van der Waals surface area contributed by atoms with Gasteiger partial charge in [-0.05, 0) is 12.8 Å². The molecule has 3 heterocycles. The van der Waals surface area contributed by atoms with Gasteiger partial charge in [-0.15, -0.1) is 24.8 Å². The second-order valence-electron chi connectivity index (χ2n) is 5.79. The summed E-state index contributed by atoms with van der Waals surface area (Å²) in [4.78, 5) is 16.9. The van der Waals surface area contributed by atoms with E-state index in [1.165, 1.54) is 0 Å². The van der Waals surface area contributed by atoms with Crippen molar-refractivity contribution in [2.45, 2.75) is 24.9 Å². The molecule has 130 valence electrons. The third-order valence-corrected chi connectivity index (χ3v) is 4.55. The van der Waals surface area contributed by atoms with Crippen molar-refractivity contribution in [2.75, 3.05) is 59.2 Å². The van der Waals surface area contributed by atoms with E-state index < -0.39 is 0 Å². The molecule has 0 aliphatic carbocycles. The van der Waals surface area contributed by atoms with Crippen molar-refractivity contribution in [2.24, 2.45) is 0 Å². The summed E-state index contributed by atoms with van der Waals surface area (Å²) >= 11 is 0. The number of nitrogens with one attached hydrogen (secondary N) is 1. The molecule has 22 heavy (non-hydrogen) atoms. The molecule has 0 aromatic heterocycles. The van der Waals surface area contributed by atoms with Crippen molar-refractivity contribution in [3.05, 3.63) is 0 Å². The lowest BCUT2D eigenvalue weighted by Crippen LogP contribution is -2.58. The van der Waals surface area contributed by atoms with Gasteiger partial charge < -0.3 is 19.7 Å². The molecular weight excluding hydrogens is 329 g/mol. The van der Waals surface area contributed by atoms with Crippen molar-refractivity contribution in [3.63, 3.8) is 0 Å². The van der Waals surface area contributed by atoms with Gasteiger partial charge in [0.1, 0.15) is 6.04 Å². The van der Waals surface area contributed by atoms with Crippen LogP contribution in [0.25, 0.3) is 0 Å². The summed E-state index contributed by atoms with van der Waals surface area (Å²) in [5.74, 6) is 0.205. The van der Waals surface area contributed by atoms with Gasteiger partial charge in [-0.25, -0.2) is 0 Å². The molecular formula is C14H27Cl2N3O3. The Morgan fingerprint density at radius 3 is 2.23 bits per heavy atom. The van der Waals surface area contributed by atoms with Gasteiger partial charge in [-0.1, -0.05) is 0 Å². The maximum absolute atomic E-state index is 12.4. The molecule has 0 bridgehead atoms. The molecule has 1 unspecified atom stereocenters. The number of ether oxygens (including phenoxy) is 2. The van der Waals surface area contributed by atoms with Crippen LogP contribution in [0.3, 0.4) is 0 Å². The summed E-state index contributed by atoms with van der Waals surface area (Å²) in [5.41, 5.74) is 0. The molecule has 0 aromatic rings. The summed E-state index contributed by atoms with van der Waals surface area (Å²) in [5, 5.41) is 3.24. The number of amides is 1. The molecule has 3 rings (SSSR count). The molecule has 3 aliphatic rings. The van der Waals surface area contributed by atoms with Crippen molar-refractivity contribution < 1.29 is 14.3 Å². The fourth-order valence-electron chi connectivity index (χ4n) is 3.30. The third kappa shape index (κ3) is 4.94. The number of halogens is 2. The normalized spacial score (nSPS) is 27.6. The topological polar surface area (TPSA) is 54.0 Å². The lowest BCUT2D eigenvalue weighted by Gasteiger charge is -2.41. The van der Waals surface area contributed by atoms with Crippen LogP contribution in [0.1, 0.15) is 12.8 Å². The van der Waals surface area contributed by atoms with E-state index in [2.05, 4.69) is 10.2 Å². The Kier molecular flexibility index (Phi) is 8.97. The predicted octanol–water partition coefficient (Wildman–Crippen LogP) is 0.142. The monoisotopic (exact) mass is 355 g/mol. The fraction of sp³-hybridized carbons (Fsp3) is 0.929. The van der Waals surface area contributed by atoms with E-state index >= 15 is 0 Å². The van der Waals surface area contributed by atoms with Crippen LogP contribution in [-0.2, 0) is 14.3 Å². The average molecular weight is 356 g/mol. The van der Waals surface area contributed by atoms with E-state index in [0.29, 0.717) is 19.3 Å². The van der Waals surface area contributed by atoms with Crippen LogP contribution < -0.4 is 5.32 Å². The number of carbonyl (C=O) groups excluding carboxylic acids is 1. The molecule has 3 fully saturated rings. The summed E-state index contributed by atoms with van der Waals surface area (Å²) in [7, 11) is 0. The van der Waals surface area contributed by atoms with E-state index in [9.17, 15) is 4.79 Å². The lowest BCUT2D eigenvalue weighted by molar-refractivity contribution is -0.138. The van der Waals surface area contributed by atoms with Crippen LogP contribution in [0.15, 0.2) is 0 Å². The van der Waals surface area contributed by atoms with Crippen LogP contribution in [0.4, 0.5) is 0 Å². The maximum Gasteiger partial charge on any atom is 0.242 e. The van der Waals surface area contributed by atoms with E-state index in [-0.39, 0.29) is 36.8 Å². The van der Waals surface area contributed by atoms with Gasteiger partial charge in [-0.3, -0.25) is 9.69 Å². The quantitative estimate of drug-likeness (QED) is 0.763. The first-order chi connectivity index (χ1) is 9.84. The first kappa shape index (κ1) is 19.9. The van der Waals surface area contributed by atoms with Crippen molar-refractivity contribution >= 4 is 30.7 Å². The van der Waals surface area contributed by atoms with Crippen LogP contribution in [-0.4, -0.2) is 86.9 Å². The highest BCUT2D eigenvalue weighted by atomic mass is 35.5. The SMILES string of the molecule is Cl.Cl.O=C(C1COCCN1)N1CCN(C2CCOCC2)CC1. The predicted molar refractivity (Wildman–Crippen MR) is 89.1 cm³/mol. The Morgan fingerprint density at radius 2 is 1.64 bits per heavy atom. The van der Waals surface area contributed by atoms with E-state index in [0.717, 1.165) is 58.8 Å². The smallest absolute Gasteiger partial charge is 0.242 e. The van der Waals surface area contributed by atoms with Crippen LogP contribution in [0, 0.1) is 0 Å². The molecule has 8 heteroatoms. The minimum absolute atomic E-state index is 0. The molecule has 0 saturated carbocycles. The summed E-state index contributed by atoms with van der Waals surface area (Å²) in [6.07, 6.45) is 2.26. The van der Waals surface area contributed by atoms with E-state index in [1.807, 2.05) is 4.90 Å². The highest BCUT2D eigenvalue weighted by Crippen LogP contribution is 2.17. The standard InChI is InChI=1S/C14H25N3O3.2ClH/c18-14(13-11-20-10-3-15-13)17-6-4-16(5-7-17)12-1-8-19-9-2-12;;/h12-13,15H,1-11H2;2*1H. The summed E-state index contributed by atoms with van der Waals surface area (Å²) < 4.78 is 10.8. The zero-order chi connectivity index (χ0) is 13.8. The zero-order valence-corrected chi connectivity index (χ0v) is 14.5. The molecule has 1 amide bonds. The molecule has 0 radical (unpaired) electrons. The van der Waals surface area contributed by atoms with E-state index in [1.54, 1.807) is 0 Å². The second kappa shape index (κ2) is 9.90. The second-order valence-corrected chi connectivity index (χ2v) is 5.79. The Labute approximate surface area is 144 Å². The number of piperazine rings is 1. The third-order valence-electron chi connectivity index (χ3n) is 4.55. The first-order valence-electron chi connectivity index (χ1n) is 7.76. The van der Waals surface area contributed by atoms with Gasteiger partial charge in [0.05, 0.1) is 13.2 Å². The van der Waals surface area contributed by atoms with Gasteiger partial charge in [0, 0.05) is 52.0 Å². The van der Waals surface area contributed by atoms with Gasteiger partial charge in [0.2, 0.25) is 5.91 Å². The molecule has 0 spiro atoms. The van der Waals surface area contributed by atoms with Gasteiger partial charge in [-0.2, -0.15) is 0 Å². The van der Waals surface area contributed by atoms with Crippen molar-refractivity contribution in [1.29, 1.82) is 0 Å². The zero-order valence-electron chi connectivity index (χ0n) is 12.9. The molecule has 0 aromatic carbocycles. The van der Waals surface area contributed by atoms with Crippen LogP contribution >= 0.6 is 24.8 Å². The van der Waals surface area contributed by atoms with Crippen molar-refractivity contribution in [3.8, 4) is 0 Å². The minimum atomic E-state index is -0.140. The minimum Gasteiger partial charge on any atom is -0.381 e. The Balaban J connectivity index is 0.00000121. The van der Waals surface area contributed by atoms with Gasteiger partial charge in [0.25, 0.3) is 0 Å². The van der Waals surface area contributed by atoms with Gasteiger partial charge >= 0.3 is 0 Å². The van der Waals surface area contributed by atoms with Crippen molar-refractivity contribution in [1.82, 2.24) is 15.1 Å². The fourth-order valence-corrected chi connectivity index (χ4v) is 3.30.